The number of nitrogens with one attached hydrogen (secondary N) is 1. The normalized spacial score (nSPS) is 36.6. The monoisotopic (exact) mass is 343 g/mol. The number of benzene rings is 1. The molecule has 4 heteroatoms. The van der Waals surface area contributed by atoms with Crippen LogP contribution in [-0.4, -0.2) is 37.2 Å². The highest BCUT2D eigenvalue weighted by molar-refractivity contribution is 5.88. The highest BCUT2D eigenvalue weighted by Crippen LogP contribution is 2.60. The van der Waals surface area contributed by atoms with Gasteiger partial charge in [-0.05, 0) is 72.1 Å². The van der Waals surface area contributed by atoms with Gasteiger partial charge < -0.3 is 15.2 Å². The lowest BCUT2D eigenvalue weighted by Crippen LogP contribution is -2.50. The number of carbonyl (C=O) groups excluding carboxylic acids is 1. The predicted octanol–water partition coefficient (Wildman–Crippen LogP) is 3.03. The number of hydrogen-bond acceptors (Lipinski definition) is 4. The fourth-order valence-corrected chi connectivity index (χ4v) is 6.01. The van der Waals surface area contributed by atoms with Gasteiger partial charge in [-0.25, -0.2) is 0 Å². The molecule has 0 saturated heterocycles. The second-order valence-corrected chi connectivity index (χ2v) is 8.39. The average Bonchev–Trinajstić information content (AvgIpc) is 2.85. The van der Waals surface area contributed by atoms with Crippen molar-refractivity contribution in [1.29, 1.82) is 0 Å². The Labute approximate surface area is 150 Å². The molecule has 3 aliphatic carbocycles. The molecule has 4 nitrogen and oxygen atoms in total. The second kappa shape index (κ2) is 6.40. The Hall–Kier alpha value is -1.39. The van der Waals surface area contributed by atoms with Crippen molar-refractivity contribution in [3.05, 3.63) is 29.3 Å². The quantitative estimate of drug-likeness (QED) is 0.825. The Morgan fingerprint density at radius 2 is 2.20 bits per heavy atom. The van der Waals surface area contributed by atoms with E-state index in [1.807, 2.05) is 12.1 Å². The first-order valence-corrected chi connectivity index (χ1v) is 9.61. The maximum Gasteiger partial charge on any atom is 0.150 e. The van der Waals surface area contributed by atoms with Gasteiger partial charge in [-0.15, -0.1) is 0 Å². The first kappa shape index (κ1) is 17.0. The summed E-state index contributed by atoms with van der Waals surface area (Å²) in [4.78, 5) is 12.8. The smallest absolute Gasteiger partial charge is 0.150 e. The van der Waals surface area contributed by atoms with Crippen LogP contribution in [0.4, 0.5) is 0 Å². The third-order valence-electron chi connectivity index (χ3n) is 7.20. The van der Waals surface area contributed by atoms with Crippen LogP contribution in [0.15, 0.2) is 18.2 Å². The number of fused-ring (bicyclic) bond motifs is 5. The van der Waals surface area contributed by atoms with Crippen LogP contribution in [0.25, 0.3) is 0 Å². The number of phenolic OH excluding ortho intramolecular Hbond substituents is 1. The maximum absolute atomic E-state index is 12.8. The molecule has 0 aliphatic heterocycles. The summed E-state index contributed by atoms with van der Waals surface area (Å²) >= 11 is 0. The fraction of sp³-hybridized carbons (Fsp3) is 0.667. The molecule has 0 unspecified atom stereocenters. The molecular formula is C21H29NO3. The van der Waals surface area contributed by atoms with E-state index in [0.717, 1.165) is 38.6 Å². The van der Waals surface area contributed by atoms with Crippen molar-refractivity contribution in [2.24, 2.45) is 17.3 Å². The number of phenols is 1. The van der Waals surface area contributed by atoms with E-state index in [2.05, 4.69) is 18.3 Å². The van der Waals surface area contributed by atoms with Crippen LogP contribution in [0.1, 0.15) is 49.7 Å². The first-order chi connectivity index (χ1) is 12.0. The van der Waals surface area contributed by atoms with E-state index >= 15 is 0 Å². The number of carbonyl (C=O) groups is 1. The van der Waals surface area contributed by atoms with E-state index in [-0.39, 0.29) is 11.5 Å². The molecule has 2 saturated carbocycles. The lowest BCUT2D eigenvalue weighted by atomic mass is 9.55. The Kier molecular flexibility index (Phi) is 4.37. The van der Waals surface area contributed by atoms with Crippen LogP contribution < -0.4 is 5.32 Å². The van der Waals surface area contributed by atoms with E-state index < -0.39 is 0 Å². The lowest BCUT2D eigenvalue weighted by molar-refractivity contribution is -0.120. The molecule has 25 heavy (non-hydrogen) atoms. The van der Waals surface area contributed by atoms with Gasteiger partial charge in [-0.3, -0.25) is 4.79 Å². The van der Waals surface area contributed by atoms with Crippen molar-refractivity contribution in [3.63, 3.8) is 0 Å². The molecule has 136 valence electrons. The summed E-state index contributed by atoms with van der Waals surface area (Å²) < 4.78 is 5.15. The lowest BCUT2D eigenvalue weighted by Gasteiger charge is -2.50. The Bertz CT molecular complexity index is 673. The van der Waals surface area contributed by atoms with Crippen molar-refractivity contribution < 1.29 is 14.6 Å². The van der Waals surface area contributed by atoms with Gasteiger partial charge in [0.2, 0.25) is 0 Å². The molecule has 1 aromatic rings. The number of Topliss-reactive ketones (excluding diaryl/α,β-unsaturated/α-hetero) is 1. The number of aryl methyl sites for hydroxylation is 1. The number of hydrogen-bond donors (Lipinski definition) is 2. The van der Waals surface area contributed by atoms with Gasteiger partial charge >= 0.3 is 0 Å². The Morgan fingerprint density at radius 3 is 3.00 bits per heavy atom. The molecule has 0 bridgehead atoms. The van der Waals surface area contributed by atoms with Crippen molar-refractivity contribution in [1.82, 2.24) is 5.32 Å². The van der Waals surface area contributed by atoms with Gasteiger partial charge in [0.1, 0.15) is 5.75 Å². The van der Waals surface area contributed by atoms with Gasteiger partial charge in [0.15, 0.2) is 5.78 Å². The zero-order valence-corrected chi connectivity index (χ0v) is 15.3. The molecule has 5 atom stereocenters. The minimum Gasteiger partial charge on any atom is -0.508 e. The zero-order valence-electron chi connectivity index (χ0n) is 15.3. The molecule has 4 rings (SSSR count). The summed E-state index contributed by atoms with van der Waals surface area (Å²) in [7, 11) is 1.70. The van der Waals surface area contributed by atoms with Gasteiger partial charge in [0.05, 0.1) is 12.6 Å². The topological polar surface area (TPSA) is 58.6 Å². The number of rotatable bonds is 4. The molecule has 0 radical (unpaired) electrons. The summed E-state index contributed by atoms with van der Waals surface area (Å²) in [6.45, 7) is 3.72. The number of ether oxygens (including phenoxy) is 1. The first-order valence-electron chi connectivity index (χ1n) is 9.61. The summed E-state index contributed by atoms with van der Waals surface area (Å²) in [5.41, 5.74) is 2.80. The van der Waals surface area contributed by atoms with E-state index in [4.69, 9.17) is 4.74 Å². The third kappa shape index (κ3) is 2.70. The molecule has 0 amide bonds. The van der Waals surface area contributed by atoms with Crippen LogP contribution >= 0.6 is 0 Å². The van der Waals surface area contributed by atoms with Crippen molar-refractivity contribution in [3.8, 4) is 5.75 Å². The molecule has 3 aliphatic rings. The Morgan fingerprint density at radius 1 is 1.36 bits per heavy atom. The SMILES string of the molecule is COCCN[C@H]1C(=O)C[C@H]2[C@@H]3CCc4cc(O)ccc4[C@H]3CC[C@]12C. The maximum atomic E-state index is 12.8. The molecule has 1 aromatic carbocycles. The standard InChI is InChI=1S/C21H29NO3/c1-21-8-7-16-15-6-4-14(23)11-13(15)3-5-17(16)18(21)12-19(24)20(21)22-9-10-25-2/h4,6,11,16-18,20,22-23H,3,5,7-10,12H2,1-2H3/t16-,17-,18+,20+,21+/m1/s1. The van der Waals surface area contributed by atoms with Crippen molar-refractivity contribution in [2.45, 2.75) is 51.0 Å². The summed E-state index contributed by atoms with van der Waals surface area (Å²) in [5, 5.41) is 13.3. The highest BCUT2D eigenvalue weighted by atomic mass is 16.5. The highest BCUT2D eigenvalue weighted by Gasteiger charge is 2.57. The largest absolute Gasteiger partial charge is 0.508 e. The van der Waals surface area contributed by atoms with Gasteiger partial charge in [-0.2, -0.15) is 0 Å². The van der Waals surface area contributed by atoms with Gasteiger partial charge in [0.25, 0.3) is 0 Å². The minimum absolute atomic E-state index is 0.0187. The van der Waals surface area contributed by atoms with E-state index in [1.165, 1.54) is 11.1 Å². The molecule has 2 fully saturated rings. The van der Waals surface area contributed by atoms with Crippen LogP contribution in [0.5, 0.6) is 5.75 Å². The summed E-state index contributed by atoms with van der Waals surface area (Å²) in [6, 6.07) is 5.86. The van der Waals surface area contributed by atoms with Crippen LogP contribution in [0, 0.1) is 17.3 Å². The summed E-state index contributed by atoms with van der Waals surface area (Å²) in [6.07, 6.45) is 5.11. The molecule has 0 spiro atoms. The molecular weight excluding hydrogens is 314 g/mol. The number of ketones is 1. The fourth-order valence-electron chi connectivity index (χ4n) is 6.01. The Balaban J connectivity index is 1.59. The minimum atomic E-state index is -0.0187. The van der Waals surface area contributed by atoms with Gasteiger partial charge in [-0.1, -0.05) is 13.0 Å². The number of methoxy groups -OCH3 is 1. The third-order valence-corrected chi connectivity index (χ3v) is 7.20. The van der Waals surface area contributed by atoms with Crippen LogP contribution in [-0.2, 0) is 16.0 Å². The van der Waals surface area contributed by atoms with Crippen LogP contribution in [0.3, 0.4) is 0 Å². The zero-order chi connectivity index (χ0) is 17.6. The van der Waals surface area contributed by atoms with Crippen molar-refractivity contribution >= 4 is 5.78 Å². The molecule has 2 N–H and O–H groups in total. The van der Waals surface area contributed by atoms with Crippen molar-refractivity contribution in [2.75, 3.05) is 20.3 Å². The second-order valence-electron chi connectivity index (χ2n) is 8.39. The average molecular weight is 343 g/mol. The number of aromatic hydroxyl groups is 1. The summed E-state index contributed by atoms with van der Waals surface area (Å²) in [5.74, 6) is 2.37. The molecule has 0 aromatic heterocycles. The van der Waals surface area contributed by atoms with E-state index in [9.17, 15) is 9.90 Å². The predicted molar refractivity (Wildman–Crippen MR) is 96.8 cm³/mol. The van der Waals surface area contributed by atoms with Crippen LogP contribution in [0.2, 0.25) is 0 Å². The van der Waals surface area contributed by atoms with E-state index in [1.54, 1.807) is 7.11 Å². The van der Waals surface area contributed by atoms with Gasteiger partial charge in [0, 0.05) is 20.1 Å². The van der Waals surface area contributed by atoms with E-state index in [0.29, 0.717) is 35.9 Å². The molecule has 0 heterocycles.